The molecule has 1 fully saturated rings. The molecule has 38 heavy (non-hydrogen) atoms. The number of hydrogen-bond donors (Lipinski definition) is 3. The van der Waals surface area contributed by atoms with Crippen molar-refractivity contribution < 1.29 is 34.1 Å². The number of nitrogens with one attached hydrogen (secondary N) is 1. The third-order valence-electron chi connectivity index (χ3n) is 8.19. The Hall–Kier alpha value is -4.44. The zero-order chi connectivity index (χ0) is 26.0. The number of imide groups is 2. The summed E-state index contributed by atoms with van der Waals surface area (Å²) in [6, 6.07) is 14.1. The molecule has 0 bridgehead atoms. The topological polar surface area (TPSA) is 133 Å². The third kappa shape index (κ3) is 2.46. The maximum absolute atomic E-state index is 13.7. The molecule has 1 saturated heterocycles. The molecule has 5 aromatic carbocycles. The van der Waals surface area contributed by atoms with Gasteiger partial charge in [-0.15, -0.1) is 0 Å². The Morgan fingerprint density at radius 3 is 1.61 bits per heavy atom. The SMILES string of the molecule is O=C1NC(=O)c2ccc3c4ccc5c6c(ccc(c7ccc1c2c73)c64)C(=O)N([C@H]1C[C@@H](O)[C@@H](CO)O1)C5=O. The Bertz CT molecular complexity index is 1840. The van der Waals surface area contributed by atoms with Gasteiger partial charge in [0.05, 0.1) is 12.7 Å². The van der Waals surface area contributed by atoms with Crippen molar-refractivity contribution in [2.75, 3.05) is 6.61 Å². The second-order valence-electron chi connectivity index (χ2n) is 10.0. The van der Waals surface area contributed by atoms with Gasteiger partial charge in [-0.05, 0) is 56.6 Å². The number of rotatable bonds is 2. The molecule has 9 nitrogen and oxygen atoms in total. The van der Waals surface area contributed by atoms with Crippen molar-refractivity contribution in [3.8, 4) is 0 Å². The second-order valence-corrected chi connectivity index (χ2v) is 10.0. The van der Waals surface area contributed by atoms with Crippen LogP contribution in [0.5, 0.6) is 0 Å². The summed E-state index contributed by atoms with van der Waals surface area (Å²) in [7, 11) is 0. The number of carbonyl (C=O) groups excluding carboxylic acids is 4. The van der Waals surface area contributed by atoms with Crippen LogP contribution in [0.25, 0.3) is 43.1 Å². The van der Waals surface area contributed by atoms with E-state index in [-0.39, 0.29) is 6.42 Å². The fraction of sp³-hybridized carbons (Fsp3) is 0.172. The second kappa shape index (κ2) is 7.11. The van der Waals surface area contributed by atoms with Crippen molar-refractivity contribution in [1.29, 1.82) is 0 Å². The molecule has 186 valence electrons. The average molecular weight is 506 g/mol. The Kier molecular flexibility index (Phi) is 4.04. The number of fused-ring (bicyclic) bond motifs is 2. The zero-order valence-corrected chi connectivity index (χ0v) is 19.6. The van der Waals surface area contributed by atoms with Gasteiger partial charge in [0.1, 0.15) is 12.3 Å². The summed E-state index contributed by atoms with van der Waals surface area (Å²) in [5, 5.41) is 28.0. The van der Waals surface area contributed by atoms with Crippen LogP contribution in [-0.4, -0.2) is 63.8 Å². The quantitative estimate of drug-likeness (QED) is 0.190. The zero-order valence-electron chi connectivity index (χ0n) is 19.6. The van der Waals surface area contributed by atoms with Gasteiger partial charge in [-0.1, -0.05) is 24.3 Å². The van der Waals surface area contributed by atoms with Crippen molar-refractivity contribution in [2.24, 2.45) is 0 Å². The molecule has 3 N–H and O–H groups in total. The molecule has 3 atom stereocenters. The van der Waals surface area contributed by atoms with Gasteiger partial charge in [0.15, 0.2) is 0 Å². The largest absolute Gasteiger partial charge is 0.394 e. The number of aliphatic hydroxyl groups excluding tert-OH is 2. The summed E-state index contributed by atoms with van der Waals surface area (Å²) >= 11 is 0. The lowest BCUT2D eigenvalue weighted by Crippen LogP contribution is -2.47. The van der Waals surface area contributed by atoms with Gasteiger partial charge in [0.25, 0.3) is 23.6 Å². The first-order valence-electron chi connectivity index (χ1n) is 12.3. The Balaban J connectivity index is 1.43. The van der Waals surface area contributed by atoms with E-state index in [1.165, 1.54) is 0 Å². The maximum atomic E-state index is 13.7. The molecule has 3 heterocycles. The van der Waals surface area contributed by atoms with Crippen LogP contribution < -0.4 is 5.32 Å². The van der Waals surface area contributed by atoms with E-state index in [0.29, 0.717) is 33.0 Å². The fourth-order valence-corrected chi connectivity index (χ4v) is 6.51. The van der Waals surface area contributed by atoms with Crippen molar-refractivity contribution in [3.63, 3.8) is 0 Å². The number of carbonyl (C=O) groups is 4. The van der Waals surface area contributed by atoms with Crippen LogP contribution in [-0.2, 0) is 4.74 Å². The van der Waals surface area contributed by atoms with Crippen molar-refractivity contribution >= 4 is 66.7 Å². The first kappa shape index (κ1) is 21.6. The third-order valence-corrected chi connectivity index (χ3v) is 8.19. The molecular formula is C29H18N2O7. The molecule has 0 aliphatic carbocycles. The highest BCUT2D eigenvalue weighted by Gasteiger charge is 2.45. The molecule has 8 rings (SSSR count). The number of hydrogen-bond acceptors (Lipinski definition) is 7. The smallest absolute Gasteiger partial charge is 0.263 e. The van der Waals surface area contributed by atoms with Crippen molar-refractivity contribution in [2.45, 2.75) is 24.9 Å². The van der Waals surface area contributed by atoms with Crippen LogP contribution in [0.3, 0.4) is 0 Å². The summed E-state index contributed by atoms with van der Waals surface area (Å²) in [5.41, 5.74) is 1.54. The van der Waals surface area contributed by atoms with Crippen molar-refractivity contribution in [3.05, 3.63) is 70.8 Å². The highest BCUT2D eigenvalue weighted by molar-refractivity contribution is 6.41. The molecule has 3 aliphatic rings. The normalized spacial score (nSPS) is 23.0. The van der Waals surface area contributed by atoms with Crippen LogP contribution in [0.4, 0.5) is 0 Å². The summed E-state index contributed by atoms with van der Waals surface area (Å²) in [4.78, 5) is 53.6. The standard InChI is InChI=1S/C29H18N2O7/c32-10-20-19(33)9-21(38-20)31-28(36)17-7-3-13-11-1-5-15-24-16(27(35)30-26(15)34)6-2-12(22(11)24)14-4-8-18(29(31)37)25(17)23(13)14/h1-8,19-21,32-33H,9-10H2,(H,30,34,35)/t19-,20-,21-/m1/s1. The van der Waals surface area contributed by atoms with Gasteiger partial charge in [0.2, 0.25) is 0 Å². The average Bonchev–Trinajstić information content (AvgIpc) is 3.29. The van der Waals surface area contributed by atoms with E-state index in [1.807, 2.05) is 24.3 Å². The monoisotopic (exact) mass is 506 g/mol. The first-order valence-corrected chi connectivity index (χ1v) is 12.3. The van der Waals surface area contributed by atoms with Gasteiger partial charge < -0.3 is 14.9 Å². The molecule has 0 unspecified atom stereocenters. The van der Waals surface area contributed by atoms with Gasteiger partial charge in [-0.25, -0.2) is 4.90 Å². The minimum atomic E-state index is -0.991. The summed E-state index contributed by atoms with van der Waals surface area (Å²) < 4.78 is 5.66. The van der Waals surface area contributed by atoms with Crippen LogP contribution in [0, 0.1) is 0 Å². The van der Waals surface area contributed by atoms with E-state index in [1.54, 1.807) is 24.3 Å². The van der Waals surface area contributed by atoms with E-state index in [9.17, 15) is 29.4 Å². The van der Waals surface area contributed by atoms with Gasteiger partial charge in [-0.3, -0.25) is 24.5 Å². The molecule has 0 spiro atoms. The highest BCUT2D eigenvalue weighted by Crippen LogP contribution is 2.46. The molecule has 0 radical (unpaired) electrons. The van der Waals surface area contributed by atoms with Crippen LogP contribution in [0.15, 0.2) is 48.5 Å². The van der Waals surface area contributed by atoms with Gasteiger partial charge in [0, 0.05) is 39.4 Å². The lowest BCUT2D eigenvalue weighted by atomic mass is 9.82. The van der Waals surface area contributed by atoms with E-state index < -0.39 is 48.7 Å². The molecule has 0 aromatic heterocycles. The van der Waals surface area contributed by atoms with E-state index in [0.717, 1.165) is 37.2 Å². The number of ether oxygens (including phenoxy) is 1. The van der Waals surface area contributed by atoms with Crippen LogP contribution in [0.2, 0.25) is 0 Å². The molecule has 4 amide bonds. The maximum Gasteiger partial charge on any atom is 0.263 e. The lowest BCUT2D eigenvalue weighted by Gasteiger charge is -2.32. The summed E-state index contributed by atoms with van der Waals surface area (Å²) in [6.45, 7) is -0.422. The Morgan fingerprint density at radius 1 is 0.711 bits per heavy atom. The summed E-state index contributed by atoms with van der Waals surface area (Å²) in [5.74, 6) is -1.94. The van der Waals surface area contributed by atoms with Crippen LogP contribution in [0.1, 0.15) is 47.9 Å². The summed E-state index contributed by atoms with van der Waals surface area (Å²) in [6.07, 6.45) is -2.83. The van der Waals surface area contributed by atoms with Crippen LogP contribution >= 0.6 is 0 Å². The van der Waals surface area contributed by atoms with E-state index >= 15 is 0 Å². The number of nitrogens with zero attached hydrogens (tertiary/aromatic N) is 1. The molecular weight excluding hydrogens is 488 g/mol. The number of aliphatic hydroxyl groups is 2. The Labute approximate surface area is 213 Å². The molecule has 0 saturated carbocycles. The lowest BCUT2D eigenvalue weighted by molar-refractivity contribution is -0.0600. The molecule has 9 heteroatoms. The van der Waals surface area contributed by atoms with Crippen molar-refractivity contribution in [1.82, 2.24) is 10.2 Å². The number of benzene rings is 5. The predicted molar refractivity (Wildman–Crippen MR) is 136 cm³/mol. The molecule has 3 aliphatic heterocycles. The minimum absolute atomic E-state index is 0.0175. The first-order chi connectivity index (χ1) is 18.4. The van der Waals surface area contributed by atoms with E-state index in [2.05, 4.69) is 5.32 Å². The Morgan fingerprint density at radius 2 is 1.16 bits per heavy atom. The van der Waals surface area contributed by atoms with Gasteiger partial charge >= 0.3 is 0 Å². The van der Waals surface area contributed by atoms with E-state index in [4.69, 9.17) is 4.74 Å². The predicted octanol–water partition coefficient (Wildman–Crippen LogP) is 2.69. The minimum Gasteiger partial charge on any atom is -0.394 e. The fourth-order valence-electron chi connectivity index (χ4n) is 6.51. The highest BCUT2D eigenvalue weighted by atomic mass is 16.5. The molecule has 5 aromatic rings. The van der Waals surface area contributed by atoms with Gasteiger partial charge in [-0.2, -0.15) is 0 Å². The number of amides is 4.